The van der Waals surface area contributed by atoms with E-state index < -0.39 is 0 Å². The molecule has 2 atom stereocenters. The number of nitrogens with one attached hydrogen (secondary N) is 3. The topological polar surface area (TPSA) is 36.1 Å². The van der Waals surface area contributed by atoms with Gasteiger partial charge in [-0.15, -0.1) is 0 Å². The Kier molecular flexibility index (Phi) is 8.19. The highest BCUT2D eigenvalue weighted by molar-refractivity contribution is 5.40. The summed E-state index contributed by atoms with van der Waals surface area (Å²) < 4.78 is 0. The summed E-state index contributed by atoms with van der Waals surface area (Å²) in [5.41, 5.74) is 5.88. The molecular weight excluding hydrogens is 438 g/mol. The van der Waals surface area contributed by atoms with Gasteiger partial charge >= 0.3 is 0 Å². The molecule has 4 rings (SSSR count). The maximum absolute atomic E-state index is 4.31. The van der Waals surface area contributed by atoms with E-state index in [-0.39, 0.29) is 10.8 Å². The Balaban J connectivity index is 1.51. The summed E-state index contributed by atoms with van der Waals surface area (Å²) in [4.78, 5) is 0. The largest absolute Gasteiger partial charge is 0.370 e. The van der Waals surface area contributed by atoms with Crippen LogP contribution in [0, 0.1) is 0 Å². The summed E-state index contributed by atoms with van der Waals surface area (Å²) in [7, 11) is 0. The van der Waals surface area contributed by atoms with Crippen LogP contribution in [0.3, 0.4) is 0 Å². The van der Waals surface area contributed by atoms with Gasteiger partial charge in [-0.25, -0.2) is 0 Å². The van der Waals surface area contributed by atoms with Gasteiger partial charge in [-0.3, -0.25) is 0 Å². The fourth-order valence-electron chi connectivity index (χ4n) is 5.95. The highest BCUT2D eigenvalue weighted by atomic mass is 15.2. The molecule has 2 aromatic carbocycles. The molecule has 3 N–H and O–H groups in total. The lowest BCUT2D eigenvalue weighted by atomic mass is 9.80. The molecule has 1 aliphatic heterocycles. The number of benzene rings is 2. The van der Waals surface area contributed by atoms with Crippen LogP contribution in [-0.2, 0) is 10.8 Å². The Morgan fingerprint density at radius 3 is 1.69 bits per heavy atom. The third-order valence-electron chi connectivity index (χ3n) is 8.20. The molecule has 0 aromatic heterocycles. The second kappa shape index (κ2) is 11.0. The summed E-state index contributed by atoms with van der Waals surface area (Å²) >= 11 is 0. The highest BCUT2D eigenvalue weighted by Crippen LogP contribution is 2.35. The minimum absolute atomic E-state index is 0.161. The Hall–Kier alpha value is -2.26. The summed E-state index contributed by atoms with van der Waals surface area (Å²) in [6.45, 7) is 19.0. The van der Waals surface area contributed by atoms with Gasteiger partial charge in [0.1, 0.15) is 0 Å². The van der Waals surface area contributed by atoms with Crippen molar-refractivity contribution in [2.75, 3.05) is 6.54 Å². The standard InChI is InChI=1S/C33H49N3/c1-23(35-28-11-9-8-10-12-28)36-29-21-30(34-22-29)31(24-13-17-26(18-14-24)32(2,3)4)25-15-19-27(20-16-25)33(5,6)7/h13-20,28-31,34-36H,1,8-12,21-22H2,2-7H3/t29-,30-/m1/s1. The molecule has 1 saturated carbocycles. The monoisotopic (exact) mass is 487 g/mol. The van der Waals surface area contributed by atoms with Gasteiger partial charge in [-0.1, -0.05) is 116 Å². The first-order valence-electron chi connectivity index (χ1n) is 14.2. The van der Waals surface area contributed by atoms with E-state index in [4.69, 9.17) is 0 Å². The van der Waals surface area contributed by atoms with Crippen molar-refractivity contribution in [2.45, 2.75) is 115 Å². The average molecular weight is 488 g/mol. The molecule has 2 fully saturated rings. The van der Waals surface area contributed by atoms with Gasteiger partial charge < -0.3 is 16.0 Å². The molecule has 3 nitrogen and oxygen atoms in total. The van der Waals surface area contributed by atoms with Gasteiger partial charge in [-0.2, -0.15) is 0 Å². The van der Waals surface area contributed by atoms with Crippen LogP contribution in [0.15, 0.2) is 60.9 Å². The molecule has 3 heteroatoms. The SMILES string of the molecule is C=C(NC1CCCCC1)N[C@H]1CN[C@@H](C(c2ccc(C(C)(C)C)cc2)c2ccc(C(C)(C)C)cc2)C1. The van der Waals surface area contributed by atoms with Crippen molar-refractivity contribution in [3.63, 3.8) is 0 Å². The van der Waals surface area contributed by atoms with Crippen LogP contribution in [0.25, 0.3) is 0 Å². The molecule has 2 aliphatic rings. The van der Waals surface area contributed by atoms with Gasteiger partial charge in [0.2, 0.25) is 0 Å². The van der Waals surface area contributed by atoms with Crippen LogP contribution in [0.2, 0.25) is 0 Å². The number of rotatable bonds is 7. The minimum Gasteiger partial charge on any atom is -0.370 e. The number of hydrogen-bond acceptors (Lipinski definition) is 3. The Labute approximate surface area is 220 Å². The summed E-state index contributed by atoms with van der Waals surface area (Å²) in [5, 5.41) is 11.2. The maximum atomic E-state index is 4.31. The molecule has 2 aromatic rings. The molecular formula is C33H49N3. The first kappa shape index (κ1) is 26.8. The zero-order valence-electron chi connectivity index (χ0n) is 23.6. The van der Waals surface area contributed by atoms with Crippen LogP contribution < -0.4 is 16.0 Å². The van der Waals surface area contributed by atoms with Crippen LogP contribution in [0.4, 0.5) is 0 Å². The van der Waals surface area contributed by atoms with Crippen LogP contribution >= 0.6 is 0 Å². The van der Waals surface area contributed by atoms with Crippen molar-refractivity contribution in [1.29, 1.82) is 0 Å². The predicted molar refractivity (Wildman–Crippen MR) is 155 cm³/mol. The van der Waals surface area contributed by atoms with E-state index in [9.17, 15) is 0 Å². The first-order chi connectivity index (χ1) is 17.0. The van der Waals surface area contributed by atoms with Crippen molar-refractivity contribution in [3.8, 4) is 0 Å². The quantitative estimate of drug-likeness (QED) is 0.389. The molecule has 1 heterocycles. The maximum Gasteiger partial charge on any atom is 0.0917 e. The Morgan fingerprint density at radius 2 is 1.22 bits per heavy atom. The normalized spacial score (nSPS) is 21.5. The van der Waals surface area contributed by atoms with Crippen LogP contribution in [0.5, 0.6) is 0 Å². The van der Waals surface area contributed by atoms with Gasteiger partial charge in [-0.05, 0) is 52.3 Å². The van der Waals surface area contributed by atoms with Gasteiger partial charge in [0.15, 0.2) is 0 Å². The van der Waals surface area contributed by atoms with E-state index in [2.05, 4.69) is 113 Å². The molecule has 1 aliphatic carbocycles. The van der Waals surface area contributed by atoms with Crippen LogP contribution in [-0.4, -0.2) is 24.7 Å². The summed E-state index contributed by atoms with van der Waals surface area (Å²) in [5.74, 6) is 1.31. The molecule has 0 radical (unpaired) electrons. The van der Waals surface area contributed by atoms with Crippen molar-refractivity contribution in [3.05, 3.63) is 83.2 Å². The highest BCUT2D eigenvalue weighted by Gasteiger charge is 2.33. The zero-order chi connectivity index (χ0) is 25.9. The van der Waals surface area contributed by atoms with E-state index in [0.717, 1.165) is 18.8 Å². The number of hydrogen-bond donors (Lipinski definition) is 3. The van der Waals surface area contributed by atoms with Gasteiger partial charge in [0, 0.05) is 30.6 Å². The van der Waals surface area contributed by atoms with Gasteiger partial charge in [0.05, 0.1) is 5.82 Å². The lowest BCUT2D eigenvalue weighted by molar-refractivity contribution is 0.383. The summed E-state index contributed by atoms with van der Waals surface area (Å²) in [6.07, 6.45) is 7.66. The zero-order valence-corrected chi connectivity index (χ0v) is 23.6. The molecule has 0 amide bonds. The predicted octanol–water partition coefficient (Wildman–Crippen LogP) is 7.13. The lowest BCUT2D eigenvalue weighted by Crippen LogP contribution is -2.40. The minimum atomic E-state index is 0.161. The Bertz CT molecular complexity index is 928. The van der Waals surface area contributed by atoms with E-state index in [1.54, 1.807) is 0 Å². The van der Waals surface area contributed by atoms with Crippen molar-refractivity contribution in [2.24, 2.45) is 0 Å². The molecule has 0 bridgehead atoms. The molecule has 0 unspecified atom stereocenters. The third kappa shape index (κ3) is 6.73. The second-order valence-electron chi connectivity index (χ2n) is 13.3. The van der Waals surface area contributed by atoms with Crippen molar-refractivity contribution < 1.29 is 0 Å². The summed E-state index contributed by atoms with van der Waals surface area (Å²) in [6, 6.07) is 20.1. The second-order valence-corrected chi connectivity index (χ2v) is 13.3. The molecule has 196 valence electrons. The van der Waals surface area contributed by atoms with E-state index in [1.165, 1.54) is 54.4 Å². The fraction of sp³-hybridized carbons (Fsp3) is 0.576. The van der Waals surface area contributed by atoms with Crippen molar-refractivity contribution in [1.82, 2.24) is 16.0 Å². The molecule has 0 spiro atoms. The molecule has 36 heavy (non-hydrogen) atoms. The molecule has 1 saturated heterocycles. The Morgan fingerprint density at radius 1 is 0.750 bits per heavy atom. The lowest BCUT2D eigenvalue weighted by Gasteiger charge is -2.28. The first-order valence-corrected chi connectivity index (χ1v) is 14.2. The van der Waals surface area contributed by atoms with Crippen LogP contribution in [0.1, 0.15) is 108 Å². The fourth-order valence-corrected chi connectivity index (χ4v) is 5.95. The van der Waals surface area contributed by atoms with E-state index >= 15 is 0 Å². The van der Waals surface area contributed by atoms with E-state index in [1.807, 2.05) is 0 Å². The average Bonchev–Trinajstić information content (AvgIpc) is 3.27. The smallest absolute Gasteiger partial charge is 0.0917 e. The van der Waals surface area contributed by atoms with Crippen molar-refractivity contribution >= 4 is 0 Å². The third-order valence-corrected chi connectivity index (χ3v) is 8.20. The van der Waals surface area contributed by atoms with Gasteiger partial charge in [0.25, 0.3) is 0 Å². The van der Waals surface area contributed by atoms with E-state index in [0.29, 0.717) is 24.0 Å².